The molecule has 1 aliphatic rings. The molecule has 9 nitrogen and oxygen atoms in total. The zero-order valence-corrected chi connectivity index (χ0v) is 20.0. The van der Waals surface area contributed by atoms with Gasteiger partial charge in [0.15, 0.2) is 5.65 Å². The van der Waals surface area contributed by atoms with E-state index in [4.69, 9.17) is 27.4 Å². The number of benzene rings is 2. The summed E-state index contributed by atoms with van der Waals surface area (Å²) in [6.07, 6.45) is 0. The zero-order chi connectivity index (χ0) is 24.7. The van der Waals surface area contributed by atoms with Crippen LogP contribution in [0, 0.1) is 18.3 Å². The van der Waals surface area contributed by atoms with E-state index in [-0.39, 0.29) is 0 Å². The molecule has 4 aromatic rings. The first-order chi connectivity index (χ1) is 16.9. The number of nitrogens with one attached hydrogen (secondary N) is 1. The molecule has 2 aromatic carbocycles. The lowest BCUT2D eigenvalue weighted by Crippen LogP contribution is -2.75. The topological polar surface area (TPSA) is 125 Å². The quantitative estimate of drug-likeness (QED) is 0.429. The number of aryl methyl sites for hydroxylation is 1. The number of aromatic nitrogens is 4. The summed E-state index contributed by atoms with van der Waals surface area (Å²) in [7, 11) is 0. The van der Waals surface area contributed by atoms with E-state index in [1.54, 1.807) is 16.6 Å². The molecule has 0 bridgehead atoms. The number of fused-ring (bicyclic) bond motifs is 1. The van der Waals surface area contributed by atoms with Crippen LogP contribution in [0.5, 0.6) is 0 Å². The Bertz CT molecular complexity index is 1480. The molecule has 0 aliphatic carbocycles. The second kappa shape index (κ2) is 8.65. The maximum atomic E-state index is 12.2. The van der Waals surface area contributed by atoms with Gasteiger partial charge in [-0.2, -0.15) is 19.9 Å². The van der Waals surface area contributed by atoms with E-state index < -0.39 is 11.4 Å². The van der Waals surface area contributed by atoms with E-state index in [9.17, 15) is 10.1 Å². The zero-order valence-electron chi connectivity index (χ0n) is 19.3. The molecule has 1 amide bonds. The Labute approximate surface area is 207 Å². The molecule has 0 atom stereocenters. The molecule has 0 spiro atoms. The van der Waals surface area contributed by atoms with Crippen molar-refractivity contribution in [1.82, 2.24) is 24.9 Å². The summed E-state index contributed by atoms with van der Waals surface area (Å²) in [4.78, 5) is 23.5. The molecule has 0 radical (unpaired) electrons. The summed E-state index contributed by atoms with van der Waals surface area (Å²) >= 11 is 6.57. The Hall–Kier alpha value is -4.00. The number of hydrogen-bond donors (Lipinski definition) is 2. The predicted octanol–water partition coefficient (Wildman–Crippen LogP) is 2.95. The molecular weight excluding hydrogens is 464 g/mol. The first kappa shape index (κ1) is 22.8. The van der Waals surface area contributed by atoms with Crippen LogP contribution in [-0.2, 0) is 4.79 Å². The summed E-state index contributed by atoms with van der Waals surface area (Å²) in [5.74, 6) is 0.733. The van der Waals surface area contributed by atoms with Gasteiger partial charge in [-0.3, -0.25) is 4.79 Å². The van der Waals surface area contributed by atoms with E-state index >= 15 is 0 Å². The number of halogens is 1. The fraction of sp³-hybridized carbons (Fsp3) is 0.240. The lowest BCUT2D eigenvalue weighted by atomic mass is 9.89. The van der Waals surface area contributed by atoms with Crippen LogP contribution in [0.3, 0.4) is 0 Å². The molecule has 0 saturated carbocycles. The number of nitriles is 1. The van der Waals surface area contributed by atoms with Crippen molar-refractivity contribution >= 4 is 29.1 Å². The van der Waals surface area contributed by atoms with Crippen LogP contribution in [0.15, 0.2) is 48.5 Å². The highest BCUT2D eigenvalue weighted by molar-refractivity contribution is 6.33. The van der Waals surface area contributed by atoms with Gasteiger partial charge in [-0.25, -0.2) is 4.98 Å². The molecule has 10 heteroatoms. The SMILES string of the molecule is CCNC1(C(N)=O)CN(c2nc(C)nc3c(-c4ccc(C#N)cc4)c(-c4ccccc4Cl)nn23)C1. The van der Waals surface area contributed by atoms with Gasteiger partial charge in [-0.05, 0) is 37.2 Å². The Morgan fingerprint density at radius 3 is 2.54 bits per heavy atom. The molecule has 35 heavy (non-hydrogen) atoms. The molecule has 1 saturated heterocycles. The number of amides is 1. The van der Waals surface area contributed by atoms with Crippen molar-refractivity contribution < 1.29 is 4.79 Å². The van der Waals surface area contributed by atoms with Crippen LogP contribution in [0.4, 0.5) is 5.95 Å². The monoisotopic (exact) mass is 486 g/mol. The Morgan fingerprint density at radius 1 is 1.20 bits per heavy atom. The Balaban J connectivity index is 1.72. The molecule has 176 valence electrons. The summed E-state index contributed by atoms with van der Waals surface area (Å²) < 4.78 is 1.69. The lowest BCUT2D eigenvalue weighted by Gasteiger charge is -2.48. The van der Waals surface area contributed by atoms with Crippen molar-refractivity contribution in [2.45, 2.75) is 19.4 Å². The molecule has 2 aromatic heterocycles. The van der Waals surface area contributed by atoms with Crippen LogP contribution in [0.25, 0.3) is 28.0 Å². The van der Waals surface area contributed by atoms with Crippen molar-refractivity contribution in [1.29, 1.82) is 5.26 Å². The minimum atomic E-state index is -0.811. The van der Waals surface area contributed by atoms with Gasteiger partial charge in [-0.15, -0.1) is 0 Å². The third kappa shape index (κ3) is 3.77. The highest BCUT2D eigenvalue weighted by atomic mass is 35.5. The summed E-state index contributed by atoms with van der Waals surface area (Å²) in [6.45, 7) is 5.12. The van der Waals surface area contributed by atoms with Gasteiger partial charge < -0.3 is 16.0 Å². The number of anilines is 1. The van der Waals surface area contributed by atoms with Gasteiger partial charge >= 0.3 is 0 Å². The van der Waals surface area contributed by atoms with E-state index in [1.807, 2.05) is 55.1 Å². The molecule has 0 unspecified atom stereocenters. The highest BCUT2D eigenvalue weighted by Gasteiger charge is 2.49. The standard InChI is InChI=1S/C25H23ClN8O/c1-3-29-25(23(28)35)13-33(14-25)24-31-15(2)30-22-20(17-10-8-16(12-27)9-11-17)21(32-34(22)24)18-6-4-5-7-19(18)26/h4-11,29H,3,13-14H2,1-2H3,(H2,28,35). The van der Waals surface area contributed by atoms with Gasteiger partial charge in [-0.1, -0.05) is 48.9 Å². The number of nitrogens with zero attached hydrogens (tertiary/aromatic N) is 6. The highest BCUT2D eigenvalue weighted by Crippen LogP contribution is 2.39. The molecule has 3 heterocycles. The van der Waals surface area contributed by atoms with Crippen molar-refractivity contribution in [2.24, 2.45) is 5.73 Å². The second-order valence-corrected chi connectivity index (χ2v) is 8.94. The maximum Gasteiger partial charge on any atom is 0.241 e. The minimum absolute atomic E-state index is 0.370. The molecule has 1 aliphatic heterocycles. The van der Waals surface area contributed by atoms with Crippen molar-refractivity contribution in [2.75, 3.05) is 24.5 Å². The van der Waals surface area contributed by atoms with Gasteiger partial charge in [0.05, 0.1) is 22.2 Å². The number of primary amides is 1. The summed E-state index contributed by atoms with van der Waals surface area (Å²) in [5, 5.41) is 17.9. The number of likely N-dealkylation sites (N-methyl/N-ethyl adjacent to an activating group) is 1. The average molecular weight is 487 g/mol. The fourth-order valence-electron chi connectivity index (χ4n) is 4.49. The predicted molar refractivity (Wildman–Crippen MR) is 134 cm³/mol. The van der Waals surface area contributed by atoms with Crippen LogP contribution in [0.1, 0.15) is 18.3 Å². The largest absolute Gasteiger partial charge is 0.368 e. The number of nitrogens with two attached hydrogens (primary N) is 1. The normalized spacial score (nSPS) is 14.5. The second-order valence-electron chi connectivity index (χ2n) is 8.53. The van der Waals surface area contributed by atoms with Crippen LogP contribution < -0.4 is 16.0 Å². The Morgan fingerprint density at radius 2 is 1.91 bits per heavy atom. The van der Waals surface area contributed by atoms with E-state index in [1.165, 1.54) is 0 Å². The molecule has 3 N–H and O–H groups in total. The van der Waals surface area contributed by atoms with Gasteiger partial charge in [0.1, 0.15) is 17.1 Å². The molecular formula is C25H23ClN8O. The van der Waals surface area contributed by atoms with E-state index in [0.717, 1.165) is 16.7 Å². The average Bonchev–Trinajstić information content (AvgIpc) is 3.19. The van der Waals surface area contributed by atoms with Crippen molar-refractivity contribution in [3.05, 3.63) is 64.9 Å². The van der Waals surface area contributed by atoms with Crippen LogP contribution in [0.2, 0.25) is 5.02 Å². The van der Waals surface area contributed by atoms with Gasteiger partial charge in [0.25, 0.3) is 0 Å². The molecule has 1 fully saturated rings. The van der Waals surface area contributed by atoms with Crippen LogP contribution >= 0.6 is 11.6 Å². The lowest BCUT2D eigenvalue weighted by molar-refractivity contribution is -0.125. The molecule has 5 rings (SSSR count). The summed E-state index contributed by atoms with van der Waals surface area (Å²) in [5.41, 5.74) is 9.08. The number of carbonyl (C=O) groups excluding carboxylic acids is 1. The number of carbonyl (C=O) groups is 1. The Kier molecular flexibility index (Phi) is 5.63. The van der Waals surface area contributed by atoms with Gasteiger partial charge in [0.2, 0.25) is 11.9 Å². The summed E-state index contributed by atoms with van der Waals surface area (Å²) in [6, 6.07) is 16.9. The van der Waals surface area contributed by atoms with E-state index in [2.05, 4.69) is 16.4 Å². The smallest absolute Gasteiger partial charge is 0.241 e. The number of rotatable bonds is 6. The number of hydrogen-bond acceptors (Lipinski definition) is 7. The maximum absolute atomic E-state index is 12.2. The van der Waals surface area contributed by atoms with E-state index in [0.29, 0.717) is 53.3 Å². The van der Waals surface area contributed by atoms with Crippen molar-refractivity contribution in [3.63, 3.8) is 0 Å². The minimum Gasteiger partial charge on any atom is -0.368 e. The first-order valence-corrected chi connectivity index (χ1v) is 11.6. The fourth-order valence-corrected chi connectivity index (χ4v) is 4.71. The third-order valence-corrected chi connectivity index (χ3v) is 6.53. The van der Waals surface area contributed by atoms with Gasteiger partial charge in [0, 0.05) is 18.7 Å². The van der Waals surface area contributed by atoms with Crippen LogP contribution in [-0.4, -0.2) is 50.7 Å². The van der Waals surface area contributed by atoms with Crippen molar-refractivity contribution in [3.8, 4) is 28.5 Å². The first-order valence-electron chi connectivity index (χ1n) is 11.2. The third-order valence-electron chi connectivity index (χ3n) is 6.20.